The Kier molecular flexibility index (Phi) is 4.72. The number of carbonyl (C=O) groups excluding carboxylic acids is 1. The first-order valence-corrected chi connectivity index (χ1v) is 7.12. The van der Waals surface area contributed by atoms with Crippen molar-refractivity contribution < 1.29 is 14.6 Å². The molecule has 0 aliphatic heterocycles. The van der Waals surface area contributed by atoms with Crippen LogP contribution in [0, 0.1) is 0 Å². The van der Waals surface area contributed by atoms with Crippen molar-refractivity contribution in [2.45, 2.75) is 57.0 Å². The Hall–Kier alpha value is -0.420. The van der Waals surface area contributed by atoms with Crippen molar-refractivity contribution in [3.05, 3.63) is 0 Å². The minimum atomic E-state index is -0.752. The average Bonchev–Trinajstić information content (AvgIpc) is 2.18. The van der Waals surface area contributed by atoms with Gasteiger partial charge in [-0.05, 0) is 39.4 Å². The summed E-state index contributed by atoms with van der Waals surface area (Å²) in [5, 5.41) is 13.1. The first-order valence-electron chi connectivity index (χ1n) is 6.08. The maximum absolute atomic E-state index is 11.5. The summed E-state index contributed by atoms with van der Waals surface area (Å²) < 4.78 is 5.13. The highest BCUT2D eigenvalue weighted by Gasteiger charge is 2.45. The fraction of sp³-hybridized carbons (Fsp3) is 0.917. The summed E-state index contributed by atoms with van der Waals surface area (Å²) in [7, 11) is 0. The maximum atomic E-state index is 11.5. The lowest BCUT2D eigenvalue weighted by Gasteiger charge is -2.45. The Balaban J connectivity index is 2.33. The third kappa shape index (κ3) is 4.39. The monoisotopic (exact) mass is 261 g/mol. The van der Waals surface area contributed by atoms with Gasteiger partial charge in [0, 0.05) is 5.25 Å². The number of hydrogen-bond acceptors (Lipinski definition) is 4. The zero-order valence-electron chi connectivity index (χ0n) is 11.1. The summed E-state index contributed by atoms with van der Waals surface area (Å²) in [6.07, 6.45) is 1.31. The number of hydrogen-bond donors (Lipinski definition) is 2. The Morgan fingerprint density at radius 2 is 2.24 bits per heavy atom. The molecule has 2 N–H and O–H groups in total. The number of carbonyl (C=O) groups is 1. The third-order valence-corrected chi connectivity index (χ3v) is 4.15. The molecule has 2 atom stereocenters. The highest BCUT2D eigenvalue weighted by molar-refractivity contribution is 8.00. The fourth-order valence-corrected chi connectivity index (χ4v) is 2.97. The van der Waals surface area contributed by atoms with Crippen molar-refractivity contribution in [2.75, 3.05) is 12.3 Å². The van der Waals surface area contributed by atoms with Crippen molar-refractivity contribution in [3.63, 3.8) is 0 Å². The molecule has 100 valence electrons. The van der Waals surface area contributed by atoms with Crippen LogP contribution in [0.25, 0.3) is 0 Å². The molecule has 0 aromatic carbocycles. The van der Waals surface area contributed by atoms with Gasteiger partial charge in [0.25, 0.3) is 0 Å². The minimum absolute atomic E-state index is 0.238. The molecule has 1 saturated carbocycles. The first-order chi connectivity index (χ1) is 7.77. The van der Waals surface area contributed by atoms with Crippen LogP contribution in [-0.4, -0.2) is 39.9 Å². The molecule has 0 saturated heterocycles. The molecular formula is C12H23NO3S. The standard InChI is InChI=1S/C12H23NO3S/c1-5-17-9-6-7-12(9,15)8-13-10(14)16-11(2,3)4/h9,15H,5-8H2,1-4H3,(H,13,14). The molecule has 0 radical (unpaired) electrons. The van der Waals surface area contributed by atoms with Gasteiger partial charge in [0.1, 0.15) is 5.60 Å². The molecule has 4 nitrogen and oxygen atoms in total. The van der Waals surface area contributed by atoms with Crippen molar-refractivity contribution in [1.29, 1.82) is 0 Å². The van der Waals surface area contributed by atoms with Gasteiger partial charge in [-0.1, -0.05) is 6.92 Å². The lowest BCUT2D eigenvalue weighted by atomic mass is 9.79. The second-order valence-corrected chi connectivity index (χ2v) is 6.92. The van der Waals surface area contributed by atoms with E-state index in [0.717, 1.165) is 18.6 Å². The van der Waals surface area contributed by atoms with E-state index in [0.29, 0.717) is 0 Å². The van der Waals surface area contributed by atoms with Gasteiger partial charge >= 0.3 is 6.09 Å². The van der Waals surface area contributed by atoms with E-state index in [2.05, 4.69) is 12.2 Å². The van der Waals surface area contributed by atoms with E-state index in [1.54, 1.807) is 11.8 Å². The van der Waals surface area contributed by atoms with Crippen LogP contribution in [0.5, 0.6) is 0 Å². The van der Waals surface area contributed by atoms with Crippen LogP contribution in [0.15, 0.2) is 0 Å². The molecule has 5 heteroatoms. The maximum Gasteiger partial charge on any atom is 0.407 e. The molecule has 1 rings (SSSR count). The van der Waals surface area contributed by atoms with Gasteiger partial charge in [0.15, 0.2) is 0 Å². The fourth-order valence-electron chi connectivity index (χ4n) is 1.78. The van der Waals surface area contributed by atoms with Crippen molar-refractivity contribution >= 4 is 17.9 Å². The summed E-state index contributed by atoms with van der Waals surface area (Å²) in [4.78, 5) is 11.5. The highest BCUT2D eigenvalue weighted by atomic mass is 32.2. The van der Waals surface area contributed by atoms with E-state index < -0.39 is 17.3 Å². The second kappa shape index (κ2) is 5.48. The van der Waals surface area contributed by atoms with Crippen LogP contribution in [0.3, 0.4) is 0 Å². The van der Waals surface area contributed by atoms with Gasteiger partial charge in [-0.2, -0.15) is 11.8 Å². The first kappa shape index (κ1) is 14.6. The average molecular weight is 261 g/mol. The minimum Gasteiger partial charge on any atom is -0.444 e. The van der Waals surface area contributed by atoms with Gasteiger partial charge in [-0.15, -0.1) is 0 Å². The van der Waals surface area contributed by atoms with E-state index in [4.69, 9.17) is 4.74 Å². The Morgan fingerprint density at radius 3 is 2.65 bits per heavy atom. The molecule has 17 heavy (non-hydrogen) atoms. The quantitative estimate of drug-likeness (QED) is 0.814. The zero-order valence-corrected chi connectivity index (χ0v) is 11.9. The second-order valence-electron chi connectivity index (χ2n) is 5.44. The smallest absolute Gasteiger partial charge is 0.407 e. The lowest BCUT2D eigenvalue weighted by molar-refractivity contribution is -0.0263. The number of alkyl carbamates (subject to hydrolysis) is 1. The molecule has 0 aromatic rings. The van der Waals surface area contributed by atoms with Crippen LogP contribution in [0.4, 0.5) is 4.79 Å². The molecule has 1 amide bonds. The summed E-state index contributed by atoms with van der Waals surface area (Å²) in [6, 6.07) is 0. The van der Waals surface area contributed by atoms with Crippen LogP contribution in [0.2, 0.25) is 0 Å². The molecule has 0 spiro atoms. The van der Waals surface area contributed by atoms with E-state index in [1.807, 2.05) is 20.8 Å². The lowest BCUT2D eigenvalue weighted by Crippen LogP contribution is -2.57. The van der Waals surface area contributed by atoms with Crippen molar-refractivity contribution in [1.82, 2.24) is 5.32 Å². The molecule has 1 aliphatic carbocycles. The predicted molar refractivity (Wildman–Crippen MR) is 70.3 cm³/mol. The van der Waals surface area contributed by atoms with Gasteiger partial charge in [-0.25, -0.2) is 4.79 Å². The van der Waals surface area contributed by atoms with E-state index in [-0.39, 0.29) is 11.8 Å². The van der Waals surface area contributed by atoms with Gasteiger partial charge < -0.3 is 15.2 Å². The van der Waals surface area contributed by atoms with Crippen LogP contribution < -0.4 is 5.32 Å². The topological polar surface area (TPSA) is 58.6 Å². The number of rotatable bonds is 4. The van der Waals surface area contributed by atoms with Crippen LogP contribution in [-0.2, 0) is 4.74 Å². The zero-order chi connectivity index (χ0) is 13.1. The molecular weight excluding hydrogens is 238 g/mol. The summed E-state index contributed by atoms with van der Waals surface area (Å²) in [6.45, 7) is 7.81. The summed E-state index contributed by atoms with van der Waals surface area (Å²) in [5.41, 5.74) is -1.25. The normalized spacial score (nSPS) is 28.4. The van der Waals surface area contributed by atoms with Gasteiger partial charge in [-0.3, -0.25) is 0 Å². The Labute approximate surface area is 107 Å². The van der Waals surface area contributed by atoms with Crippen molar-refractivity contribution in [2.24, 2.45) is 0 Å². The molecule has 1 fully saturated rings. The molecule has 2 unspecified atom stereocenters. The van der Waals surface area contributed by atoms with Gasteiger partial charge in [0.2, 0.25) is 0 Å². The largest absolute Gasteiger partial charge is 0.444 e. The van der Waals surface area contributed by atoms with E-state index in [1.165, 1.54) is 0 Å². The molecule has 0 aromatic heterocycles. The molecule has 1 aliphatic rings. The summed E-state index contributed by atoms with van der Waals surface area (Å²) >= 11 is 1.75. The highest BCUT2D eigenvalue weighted by Crippen LogP contribution is 2.40. The molecule has 0 bridgehead atoms. The molecule has 0 heterocycles. The summed E-state index contributed by atoms with van der Waals surface area (Å²) in [5.74, 6) is 0.986. The number of ether oxygens (including phenoxy) is 1. The van der Waals surface area contributed by atoms with E-state index >= 15 is 0 Å². The van der Waals surface area contributed by atoms with E-state index in [9.17, 15) is 9.90 Å². The number of nitrogens with one attached hydrogen (secondary N) is 1. The third-order valence-electron chi connectivity index (χ3n) is 2.74. The predicted octanol–water partition coefficient (Wildman–Crippen LogP) is 2.16. The Bertz CT molecular complexity index is 277. The Morgan fingerprint density at radius 1 is 1.59 bits per heavy atom. The van der Waals surface area contributed by atoms with Crippen LogP contribution >= 0.6 is 11.8 Å². The number of aliphatic hydroxyl groups is 1. The number of amides is 1. The van der Waals surface area contributed by atoms with Crippen LogP contribution in [0.1, 0.15) is 40.5 Å². The SMILES string of the molecule is CCSC1CCC1(O)CNC(=O)OC(C)(C)C. The number of thioether (sulfide) groups is 1. The van der Waals surface area contributed by atoms with Crippen molar-refractivity contribution in [3.8, 4) is 0 Å². The van der Waals surface area contributed by atoms with Gasteiger partial charge in [0.05, 0.1) is 12.1 Å².